The van der Waals surface area contributed by atoms with Crippen LogP contribution < -0.4 is 4.98 Å². The molecule has 0 N–H and O–H groups in total. The van der Waals surface area contributed by atoms with Crippen LogP contribution in [0.2, 0.25) is 0 Å². The van der Waals surface area contributed by atoms with Gasteiger partial charge in [0.25, 0.3) is 0 Å². The molecule has 9 heavy (non-hydrogen) atoms. The van der Waals surface area contributed by atoms with Crippen LogP contribution in [0, 0.1) is 0 Å². The second-order valence-corrected chi connectivity index (χ2v) is 1.34. The Kier molecular flexibility index (Phi) is 4.18. The minimum absolute atomic E-state index is 0. The first-order valence-electron chi connectivity index (χ1n) is 2.29. The Labute approximate surface area is 66.2 Å². The molecule has 0 aromatic carbocycles. The maximum Gasteiger partial charge on any atom is 0.123 e. The number of imidazole rings is 1. The van der Waals surface area contributed by atoms with Crippen molar-refractivity contribution in [2.24, 2.45) is 0 Å². The van der Waals surface area contributed by atoms with E-state index >= 15 is 0 Å². The van der Waals surface area contributed by atoms with Crippen LogP contribution >= 0.6 is 0 Å². The summed E-state index contributed by atoms with van der Waals surface area (Å²) in [4.78, 5) is 17.3. The smallest absolute Gasteiger partial charge is 0.123 e. The van der Waals surface area contributed by atoms with E-state index in [0.29, 0.717) is 12.2 Å². The topological polar surface area (TPSA) is 44.1 Å². The van der Waals surface area contributed by atoms with Crippen LogP contribution in [0.4, 0.5) is 0 Å². The Hall–Kier alpha value is -0.471. The molecule has 0 unspecified atom stereocenters. The van der Waals surface area contributed by atoms with E-state index in [1.165, 1.54) is 0 Å². The van der Waals surface area contributed by atoms with Crippen LogP contribution in [-0.4, -0.2) is 11.3 Å². The molecule has 0 aliphatic heterocycles. The fraction of sp³-hybridized carbons (Fsp3) is 0.200. The molecule has 1 aromatic rings. The summed E-state index contributed by atoms with van der Waals surface area (Å²) in [5, 5.41) is 0. The van der Waals surface area contributed by atoms with Crippen LogP contribution in [0.3, 0.4) is 0 Å². The van der Waals surface area contributed by atoms with Gasteiger partial charge in [-0.3, -0.25) is 0 Å². The Morgan fingerprint density at radius 3 is 3.00 bits per heavy atom. The molecule has 0 amide bonds. The van der Waals surface area contributed by atoms with Gasteiger partial charge in [-0.15, -0.1) is 0 Å². The van der Waals surface area contributed by atoms with Crippen molar-refractivity contribution in [1.82, 2.24) is 9.97 Å². The van der Waals surface area contributed by atoms with Gasteiger partial charge in [0.15, 0.2) is 0 Å². The number of carbonyl (C=O) groups is 1. The molecule has 1 rings (SSSR count). The van der Waals surface area contributed by atoms with Crippen molar-refractivity contribution in [3.63, 3.8) is 0 Å². The van der Waals surface area contributed by atoms with Crippen molar-refractivity contribution in [2.75, 3.05) is 0 Å². The molecule has 1 heterocycles. The van der Waals surface area contributed by atoms with Gasteiger partial charge in [0.1, 0.15) is 6.29 Å². The minimum Gasteiger partial charge on any atom is -0.446 e. The van der Waals surface area contributed by atoms with Gasteiger partial charge in [0.2, 0.25) is 0 Å². The number of hydrogen-bond donors (Lipinski definition) is 0. The van der Waals surface area contributed by atoms with Gasteiger partial charge in [0, 0.05) is 26.5 Å². The first kappa shape index (κ1) is 8.53. The molecule has 0 atom stereocenters. The summed E-state index contributed by atoms with van der Waals surface area (Å²) >= 11 is 0. The molecular formula is C5H5IrN2O-. The van der Waals surface area contributed by atoms with Crippen molar-refractivity contribution in [3.8, 4) is 0 Å². The molecule has 0 spiro atoms. The van der Waals surface area contributed by atoms with Crippen LogP contribution in [0.5, 0.6) is 0 Å². The number of hydrogen-bond acceptors (Lipinski definition) is 2. The summed E-state index contributed by atoms with van der Waals surface area (Å²) in [6, 6.07) is 0. The summed E-state index contributed by atoms with van der Waals surface area (Å²) in [6.07, 6.45) is 4.25. The maximum atomic E-state index is 9.79. The second-order valence-electron chi connectivity index (χ2n) is 1.34. The third-order valence-electron chi connectivity index (χ3n) is 0.780. The Bertz CT molecular complexity index is 161. The number of carbonyl (C=O) groups excluding carboxylic acids is 1. The van der Waals surface area contributed by atoms with Gasteiger partial charge >= 0.3 is 0 Å². The average molecular weight is 301 g/mol. The SMILES string of the molecule is O=CCc1ncc[n-]1.[Ir]. The second kappa shape index (κ2) is 4.41. The molecule has 51 valence electrons. The van der Waals surface area contributed by atoms with E-state index < -0.39 is 0 Å². The van der Waals surface area contributed by atoms with Crippen molar-refractivity contribution in [1.29, 1.82) is 0 Å². The van der Waals surface area contributed by atoms with E-state index in [4.69, 9.17) is 0 Å². The fourth-order valence-corrected chi connectivity index (χ4v) is 0.452. The van der Waals surface area contributed by atoms with Gasteiger partial charge in [-0.1, -0.05) is 18.2 Å². The zero-order valence-electron chi connectivity index (χ0n) is 4.58. The number of nitrogens with zero attached hydrogens (tertiary/aromatic N) is 2. The molecule has 1 aromatic heterocycles. The van der Waals surface area contributed by atoms with E-state index in [1.54, 1.807) is 12.4 Å². The third-order valence-corrected chi connectivity index (χ3v) is 0.780. The minimum atomic E-state index is 0. The predicted octanol–water partition coefficient (Wildman–Crippen LogP) is -0.222. The summed E-state index contributed by atoms with van der Waals surface area (Å²) in [6.45, 7) is 0. The molecule has 0 saturated carbocycles. The van der Waals surface area contributed by atoms with Crippen LogP contribution in [-0.2, 0) is 31.3 Å². The Morgan fingerprint density at radius 1 is 1.78 bits per heavy atom. The van der Waals surface area contributed by atoms with Crippen molar-refractivity contribution in [2.45, 2.75) is 6.42 Å². The van der Waals surface area contributed by atoms with Crippen molar-refractivity contribution in [3.05, 3.63) is 18.2 Å². The molecular weight excluding hydrogens is 296 g/mol. The quantitative estimate of drug-likeness (QED) is 0.709. The summed E-state index contributed by atoms with van der Waals surface area (Å²) in [7, 11) is 0. The third kappa shape index (κ3) is 2.54. The molecule has 1 radical (unpaired) electrons. The predicted molar refractivity (Wildman–Crippen MR) is 27.3 cm³/mol. The molecule has 4 heteroatoms. The van der Waals surface area contributed by atoms with E-state index in [0.717, 1.165) is 6.29 Å². The molecule has 0 fully saturated rings. The number of aromatic nitrogens is 2. The molecule has 0 aliphatic carbocycles. The first-order valence-corrected chi connectivity index (χ1v) is 2.29. The van der Waals surface area contributed by atoms with Crippen molar-refractivity contribution >= 4 is 6.29 Å². The first-order chi connectivity index (χ1) is 3.93. The zero-order chi connectivity index (χ0) is 5.82. The fourth-order valence-electron chi connectivity index (χ4n) is 0.452. The summed E-state index contributed by atoms with van der Waals surface area (Å²) in [5.74, 6) is 0.597. The summed E-state index contributed by atoms with van der Waals surface area (Å²) < 4.78 is 0. The average Bonchev–Trinajstić information content (AvgIpc) is 2.19. The molecule has 0 saturated heterocycles. The van der Waals surface area contributed by atoms with Gasteiger partial charge in [-0.25, -0.2) is 0 Å². The number of rotatable bonds is 2. The maximum absolute atomic E-state index is 9.79. The number of aldehydes is 1. The van der Waals surface area contributed by atoms with E-state index in [1.807, 2.05) is 0 Å². The monoisotopic (exact) mass is 302 g/mol. The standard InChI is InChI=1S/C5H5N2O.Ir/c8-4-1-5-6-2-3-7-5;/h2-4H,1H2;/q-1;. The normalized spacial score (nSPS) is 8.00. The van der Waals surface area contributed by atoms with E-state index in [2.05, 4.69) is 9.97 Å². The van der Waals surface area contributed by atoms with Crippen LogP contribution in [0.15, 0.2) is 12.4 Å². The van der Waals surface area contributed by atoms with Crippen LogP contribution in [0.25, 0.3) is 0 Å². The van der Waals surface area contributed by atoms with Gasteiger partial charge in [-0.05, 0) is 0 Å². The molecule has 0 aliphatic rings. The van der Waals surface area contributed by atoms with Gasteiger partial charge in [-0.2, -0.15) is 0 Å². The summed E-state index contributed by atoms with van der Waals surface area (Å²) in [5.41, 5.74) is 0. The van der Waals surface area contributed by atoms with E-state index in [-0.39, 0.29) is 20.1 Å². The Balaban J connectivity index is 0.000000640. The molecule has 3 nitrogen and oxygen atoms in total. The van der Waals surface area contributed by atoms with Crippen molar-refractivity contribution < 1.29 is 24.9 Å². The largest absolute Gasteiger partial charge is 0.446 e. The van der Waals surface area contributed by atoms with Gasteiger partial charge in [0.05, 0.1) is 0 Å². The Morgan fingerprint density at radius 2 is 2.56 bits per heavy atom. The van der Waals surface area contributed by atoms with Crippen LogP contribution in [0.1, 0.15) is 5.82 Å². The van der Waals surface area contributed by atoms with E-state index in [9.17, 15) is 4.79 Å². The van der Waals surface area contributed by atoms with Gasteiger partial charge < -0.3 is 14.8 Å². The zero-order valence-corrected chi connectivity index (χ0v) is 6.97. The molecule has 0 bridgehead atoms.